The molecule has 8 nitrogen and oxygen atoms in total. The summed E-state index contributed by atoms with van der Waals surface area (Å²) in [6.07, 6.45) is 1.20. The molecule has 9 heteroatoms. The molecule has 3 aromatic carbocycles. The zero-order valence-electron chi connectivity index (χ0n) is 19.5. The molecule has 0 N–H and O–H groups in total. The third-order valence-electron chi connectivity index (χ3n) is 6.22. The third-order valence-corrected chi connectivity index (χ3v) is 8.04. The van der Waals surface area contributed by atoms with Crippen LogP contribution in [-0.4, -0.2) is 35.0 Å². The standard InChI is InChI=1S/C26H27N3O5S/c1-20(30)27-16-8-13-23-14-15-25(26(29(31)32)24(23)19-27)35(33,34)28(17-21-9-4-2-5-10-21)18-22-11-6-3-7-12-22/h2-7,9-12,14-15H,8,13,16-19H2,1H3. The van der Waals surface area contributed by atoms with Crippen LogP contribution in [0.3, 0.4) is 0 Å². The SMILES string of the molecule is CC(=O)N1CCCc2ccc(S(=O)(=O)N(Cc3ccccc3)Cc3ccccc3)c([N+](=O)[O-])c2C1. The molecular formula is C26H27N3O5S. The van der Waals surface area contributed by atoms with Crippen molar-refractivity contribution in [2.75, 3.05) is 6.54 Å². The zero-order chi connectivity index (χ0) is 25.0. The van der Waals surface area contributed by atoms with Gasteiger partial charge in [-0.05, 0) is 35.6 Å². The second-order valence-electron chi connectivity index (χ2n) is 8.60. The highest BCUT2D eigenvalue weighted by Crippen LogP contribution is 2.36. The van der Waals surface area contributed by atoms with Gasteiger partial charge >= 0.3 is 0 Å². The van der Waals surface area contributed by atoms with Gasteiger partial charge in [0, 0.05) is 26.6 Å². The van der Waals surface area contributed by atoms with Crippen molar-refractivity contribution in [3.05, 3.63) is 105 Å². The molecule has 0 fully saturated rings. The van der Waals surface area contributed by atoms with Crippen LogP contribution in [0.1, 0.15) is 35.6 Å². The first kappa shape index (κ1) is 24.6. The van der Waals surface area contributed by atoms with E-state index in [0.29, 0.717) is 30.5 Å². The maximum absolute atomic E-state index is 14.0. The number of amides is 1. The molecule has 1 aliphatic rings. The van der Waals surface area contributed by atoms with Gasteiger partial charge in [0.2, 0.25) is 5.91 Å². The quantitative estimate of drug-likeness (QED) is 0.361. The van der Waals surface area contributed by atoms with Crippen molar-refractivity contribution in [1.29, 1.82) is 0 Å². The van der Waals surface area contributed by atoms with E-state index in [1.54, 1.807) is 6.07 Å². The zero-order valence-corrected chi connectivity index (χ0v) is 20.3. The summed E-state index contributed by atoms with van der Waals surface area (Å²) in [5.41, 5.74) is 2.10. The molecule has 0 saturated carbocycles. The Morgan fingerprint density at radius 3 is 2.06 bits per heavy atom. The minimum absolute atomic E-state index is 0.0156. The van der Waals surface area contributed by atoms with Gasteiger partial charge in [0.05, 0.1) is 17.0 Å². The Hall–Kier alpha value is -3.56. The van der Waals surface area contributed by atoms with Gasteiger partial charge in [-0.1, -0.05) is 66.7 Å². The highest BCUT2D eigenvalue weighted by Gasteiger charge is 2.36. The van der Waals surface area contributed by atoms with Gasteiger partial charge in [-0.2, -0.15) is 4.31 Å². The van der Waals surface area contributed by atoms with Crippen LogP contribution < -0.4 is 0 Å². The van der Waals surface area contributed by atoms with Crippen molar-refractivity contribution in [3.8, 4) is 0 Å². The van der Waals surface area contributed by atoms with Crippen LogP contribution in [0.25, 0.3) is 0 Å². The summed E-state index contributed by atoms with van der Waals surface area (Å²) in [7, 11) is -4.27. The van der Waals surface area contributed by atoms with E-state index in [1.807, 2.05) is 60.7 Å². The van der Waals surface area contributed by atoms with Gasteiger partial charge in [0.15, 0.2) is 4.90 Å². The van der Waals surface area contributed by atoms with E-state index in [1.165, 1.54) is 22.2 Å². The molecule has 35 heavy (non-hydrogen) atoms. The molecule has 0 saturated heterocycles. The van der Waals surface area contributed by atoms with Crippen molar-refractivity contribution in [3.63, 3.8) is 0 Å². The summed E-state index contributed by atoms with van der Waals surface area (Å²) < 4.78 is 29.3. The number of nitro groups is 1. The summed E-state index contributed by atoms with van der Waals surface area (Å²) in [5.74, 6) is -0.199. The summed E-state index contributed by atoms with van der Waals surface area (Å²) in [6.45, 7) is 2.02. The van der Waals surface area contributed by atoms with E-state index in [4.69, 9.17) is 0 Å². The van der Waals surface area contributed by atoms with E-state index in [0.717, 1.165) is 11.1 Å². The van der Waals surface area contributed by atoms with Gasteiger partial charge in [-0.15, -0.1) is 0 Å². The molecule has 0 bridgehead atoms. The molecule has 4 rings (SSSR count). The van der Waals surface area contributed by atoms with Gasteiger partial charge in [-0.3, -0.25) is 14.9 Å². The number of nitrogens with zero attached hydrogens (tertiary/aromatic N) is 3. The molecule has 0 radical (unpaired) electrons. The Balaban J connectivity index is 1.83. The predicted octanol–water partition coefficient (Wildman–Crippen LogP) is 4.28. The average molecular weight is 494 g/mol. The number of aryl methyl sites for hydroxylation is 1. The number of fused-ring (bicyclic) bond motifs is 1. The predicted molar refractivity (Wildman–Crippen MR) is 132 cm³/mol. The largest absolute Gasteiger partial charge is 0.338 e. The number of hydrogen-bond donors (Lipinski definition) is 0. The van der Waals surface area contributed by atoms with Crippen molar-refractivity contribution >= 4 is 21.6 Å². The molecule has 0 aliphatic carbocycles. The molecule has 0 spiro atoms. The molecule has 1 amide bonds. The maximum Gasteiger partial charge on any atom is 0.294 e. The fourth-order valence-electron chi connectivity index (χ4n) is 4.41. The number of nitro benzene ring substituents is 1. The number of hydrogen-bond acceptors (Lipinski definition) is 5. The molecule has 182 valence electrons. The van der Waals surface area contributed by atoms with Crippen LogP contribution in [0.2, 0.25) is 0 Å². The minimum atomic E-state index is -4.27. The molecule has 1 heterocycles. The first-order valence-electron chi connectivity index (χ1n) is 11.4. The first-order chi connectivity index (χ1) is 16.8. The van der Waals surface area contributed by atoms with Crippen molar-refractivity contribution < 1.29 is 18.1 Å². The molecule has 0 unspecified atom stereocenters. The van der Waals surface area contributed by atoms with Crippen LogP contribution in [0, 0.1) is 10.1 Å². The average Bonchev–Trinajstić information content (AvgIpc) is 3.07. The molecule has 0 aromatic heterocycles. The van der Waals surface area contributed by atoms with Crippen LogP contribution in [0.5, 0.6) is 0 Å². The number of carbonyl (C=O) groups excluding carboxylic acids is 1. The van der Waals surface area contributed by atoms with Crippen molar-refractivity contribution in [2.45, 2.75) is 44.3 Å². The summed E-state index contributed by atoms with van der Waals surface area (Å²) in [6, 6.07) is 21.3. The Kier molecular flexibility index (Phi) is 7.28. The number of sulfonamides is 1. The topological polar surface area (TPSA) is 101 Å². The van der Waals surface area contributed by atoms with E-state index in [-0.39, 0.29) is 30.4 Å². The van der Waals surface area contributed by atoms with E-state index in [9.17, 15) is 23.3 Å². The lowest BCUT2D eigenvalue weighted by Crippen LogP contribution is -2.31. The normalized spacial score (nSPS) is 13.8. The minimum Gasteiger partial charge on any atom is -0.338 e. The molecular weight excluding hydrogens is 466 g/mol. The number of benzene rings is 3. The summed E-state index contributed by atoms with van der Waals surface area (Å²) >= 11 is 0. The van der Waals surface area contributed by atoms with Crippen molar-refractivity contribution in [1.82, 2.24) is 9.21 Å². The van der Waals surface area contributed by atoms with E-state index >= 15 is 0 Å². The second kappa shape index (κ2) is 10.4. The molecule has 1 aliphatic heterocycles. The monoisotopic (exact) mass is 493 g/mol. The first-order valence-corrected chi connectivity index (χ1v) is 12.8. The number of rotatable bonds is 7. The molecule has 0 atom stereocenters. The van der Waals surface area contributed by atoms with E-state index in [2.05, 4.69) is 0 Å². The Bertz CT molecular complexity index is 1290. The molecule has 3 aromatic rings. The smallest absolute Gasteiger partial charge is 0.294 e. The Morgan fingerprint density at radius 1 is 0.971 bits per heavy atom. The highest BCUT2D eigenvalue weighted by molar-refractivity contribution is 7.89. The third kappa shape index (κ3) is 5.41. The van der Waals surface area contributed by atoms with E-state index < -0.39 is 20.6 Å². The second-order valence-corrected chi connectivity index (χ2v) is 10.5. The lowest BCUT2D eigenvalue weighted by Gasteiger charge is -2.24. The fourth-order valence-corrected chi connectivity index (χ4v) is 6.01. The van der Waals surface area contributed by atoms with Crippen molar-refractivity contribution in [2.24, 2.45) is 0 Å². The Morgan fingerprint density at radius 2 is 1.54 bits per heavy atom. The Labute approximate surface area is 205 Å². The van der Waals surface area contributed by atoms with Crippen LogP contribution in [0.4, 0.5) is 5.69 Å². The maximum atomic E-state index is 14.0. The fraction of sp³-hybridized carbons (Fsp3) is 0.269. The summed E-state index contributed by atoms with van der Waals surface area (Å²) in [5, 5.41) is 12.3. The van der Waals surface area contributed by atoms with Gasteiger partial charge in [-0.25, -0.2) is 8.42 Å². The highest BCUT2D eigenvalue weighted by atomic mass is 32.2. The van der Waals surface area contributed by atoms with Crippen LogP contribution in [-0.2, 0) is 40.9 Å². The summed E-state index contributed by atoms with van der Waals surface area (Å²) in [4.78, 5) is 24.9. The lowest BCUT2D eigenvalue weighted by atomic mass is 10.0. The van der Waals surface area contributed by atoms with Crippen LogP contribution in [0.15, 0.2) is 77.7 Å². The number of carbonyl (C=O) groups is 1. The van der Waals surface area contributed by atoms with Gasteiger partial charge in [0.1, 0.15) is 0 Å². The van der Waals surface area contributed by atoms with Gasteiger partial charge < -0.3 is 4.90 Å². The van der Waals surface area contributed by atoms with Crippen LogP contribution >= 0.6 is 0 Å². The lowest BCUT2D eigenvalue weighted by molar-refractivity contribution is -0.388. The van der Waals surface area contributed by atoms with Gasteiger partial charge in [0.25, 0.3) is 15.7 Å².